The summed E-state index contributed by atoms with van der Waals surface area (Å²) in [6, 6.07) is -0.509. The van der Waals surface area contributed by atoms with Crippen LogP contribution in [0, 0.1) is 5.41 Å². The maximum atomic E-state index is 12.3. The van der Waals surface area contributed by atoms with Crippen LogP contribution in [0.2, 0.25) is 0 Å². The predicted molar refractivity (Wildman–Crippen MR) is 63.3 cm³/mol. The average molecular weight is 266 g/mol. The van der Waals surface area contributed by atoms with E-state index in [-0.39, 0.29) is 11.5 Å². The second-order valence-corrected chi connectivity index (χ2v) is 5.97. The van der Waals surface area contributed by atoms with Crippen LogP contribution < -0.4 is 0 Å². The van der Waals surface area contributed by atoms with E-state index in [1.165, 1.54) is 7.05 Å². The Morgan fingerprint density at radius 3 is 2.33 bits per heavy atom. The molecule has 1 fully saturated rings. The van der Waals surface area contributed by atoms with E-state index in [9.17, 15) is 18.0 Å². The Bertz CT molecular complexity index is 309. The summed E-state index contributed by atoms with van der Waals surface area (Å²) >= 11 is 0. The molecular formula is C12H21F3N2O. The average Bonchev–Trinajstić information content (AvgIpc) is 2.60. The first kappa shape index (κ1) is 15.1. The van der Waals surface area contributed by atoms with Crippen LogP contribution in [0.25, 0.3) is 0 Å². The molecule has 1 rings (SSSR count). The third-order valence-corrected chi connectivity index (χ3v) is 3.24. The molecule has 1 unspecified atom stereocenters. The van der Waals surface area contributed by atoms with E-state index in [0.29, 0.717) is 6.54 Å². The molecule has 0 aromatic heterocycles. The van der Waals surface area contributed by atoms with Crippen LogP contribution in [0.5, 0.6) is 0 Å². The minimum atomic E-state index is -4.35. The van der Waals surface area contributed by atoms with Gasteiger partial charge < -0.3 is 9.80 Å². The lowest BCUT2D eigenvalue weighted by Gasteiger charge is -2.37. The zero-order valence-corrected chi connectivity index (χ0v) is 11.3. The number of hydrogen-bond acceptors (Lipinski definition) is 1. The Balaban J connectivity index is 2.71. The standard InChI is InChI=1S/C12H21F3N2O/c1-11(2,3)9-6-5-7-17(9)10(18)16(4)8-12(13,14)15/h9H,5-8H2,1-4H3. The molecular weight excluding hydrogens is 245 g/mol. The summed E-state index contributed by atoms with van der Waals surface area (Å²) in [5.74, 6) is 0. The number of alkyl halides is 3. The molecule has 0 N–H and O–H groups in total. The molecule has 0 aliphatic carbocycles. The first-order valence-corrected chi connectivity index (χ1v) is 6.11. The van der Waals surface area contributed by atoms with Crippen molar-refractivity contribution in [2.45, 2.75) is 45.8 Å². The molecule has 0 aromatic rings. The van der Waals surface area contributed by atoms with Crippen LogP contribution in [0.4, 0.5) is 18.0 Å². The third-order valence-electron chi connectivity index (χ3n) is 3.24. The van der Waals surface area contributed by atoms with Crippen LogP contribution in [0.1, 0.15) is 33.6 Å². The molecule has 1 aliphatic rings. The zero-order chi connectivity index (χ0) is 14.1. The van der Waals surface area contributed by atoms with Gasteiger partial charge in [0.1, 0.15) is 6.54 Å². The Morgan fingerprint density at radius 1 is 1.33 bits per heavy atom. The minimum Gasteiger partial charge on any atom is -0.321 e. The van der Waals surface area contributed by atoms with Crippen molar-refractivity contribution < 1.29 is 18.0 Å². The first-order valence-electron chi connectivity index (χ1n) is 6.11. The molecule has 1 aliphatic heterocycles. The summed E-state index contributed by atoms with van der Waals surface area (Å²) in [4.78, 5) is 14.4. The lowest BCUT2D eigenvalue weighted by molar-refractivity contribution is -0.138. The number of hydrogen-bond donors (Lipinski definition) is 0. The van der Waals surface area contributed by atoms with E-state index in [4.69, 9.17) is 0 Å². The van der Waals surface area contributed by atoms with Gasteiger partial charge in [-0.05, 0) is 18.3 Å². The molecule has 6 heteroatoms. The van der Waals surface area contributed by atoms with Gasteiger partial charge in [-0.1, -0.05) is 20.8 Å². The maximum absolute atomic E-state index is 12.3. The number of halogens is 3. The second kappa shape index (κ2) is 4.97. The number of likely N-dealkylation sites (tertiary alicyclic amines) is 1. The van der Waals surface area contributed by atoms with Crippen molar-refractivity contribution in [2.75, 3.05) is 20.1 Å². The minimum absolute atomic E-state index is 0.0145. The number of urea groups is 1. The van der Waals surface area contributed by atoms with Gasteiger partial charge in [0.2, 0.25) is 0 Å². The zero-order valence-electron chi connectivity index (χ0n) is 11.3. The number of carbonyl (C=O) groups is 1. The van der Waals surface area contributed by atoms with Crippen molar-refractivity contribution in [3.8, 4) is 0 Å². The van der Waals surface area contributed by atoms with E-state index < -0.39 is 18.8 Å². The number of carbonyl (C=O) groups excluding carboxylic acids is 1. The monoisotopic (exact) mass is 266 g/mol. The summed E-state index contributed by atoms with van der Waals surface area (Å²) in [5, 5.41) is 0. The summed E-state index contributed by atoms with van der Waals surface area (Å²) in [6.07, 6.45) is -2.63. The van der Waals surface area contributed by atoms with Gasteiger partial charge in [0, 0.05) is 19.6 Å². The number of rotatable bonds is 1. The summed E-state index contributed by atoms with van der Waals surface area (Å²) in [7, 11) is 1.20. The van der Waals surface area contributed by atoms with Gasteiger partial charge >= 0.3 is 12.2 Å². The molecule has 0 bridgehead atoms. The van der Waals surface area contributed by atoms with Crippen molar-refractivity contribution >= 4 is 6.03 Å². The molecule has 106 valence electrons. The number of nitrogens with zero attached hydrogens (tertiary/aromatic N) is 2. The molecule has 0 spiro atoms. The smallest absolute Gasteiger partial charge is 0.321 e. The van der Waals surface area contributed by atoms with Crippen molar-refractivity contribution in [1.29, 1.82) is 0 Å². The lowest BCUT2D eigenvalue weighted by atomic mass is 9.85. The van der Waals surface area contributed by atoms with E-state index in [0.717, 1.165) is 17.7 Å². The highest BCUT2D eigenvalue weighted by Gasteiger charge is 2.40. The van der Waals surface area contributed by atoms with Gasteiger partial charge in [0.25, 0.3) is 0 Å². The Hall–Kier alpha value is -0.940. The van der Waals surface area contributed by atoms with Gasteiger partial charge in [-0.2, -0.15) is 13.2 Å². The second-order valence-electron chi connectivity index (χ2n) is 5.97. The van der Waals surface area contributed by atoms with Crippen LogP contribution in [-0.4, -0.2) is 48.2 Å². The van der Waals surface area contributed by atoms with E-state index >= 15 is 0 Å². The fourth-order valence-electron chi connectivity index (χ4n) is 2.45. The van der Waals surface area contributed by atoms with Crippen LogP contribution in [0.15, 0.2) is 0 Å². The van der Waals surface area contributed by atoms with Crippen molar-refractivity contribution in [3.63, 3.8) is 0 Å². The SMILES string of the molecule is CN(CC(F)(F)F)C(=O)N1CCCC1C(C)(C)C. The highest BCUT2D eigenvalue weighted by molar-refractivity contribution is 5.75. The van der Waals surface area contributed by atoms with Crippen molar-refractivity contribution in [2.24, 2.45) is 5.41 Å². The Kier molecular flexibility index (Phi) is 4.18. The third kappa shape index (κ3) is 3.78. The molecule has 2 amide bonds. The Morgan fingerprint density at radius 2 is 1.89 bits per heavy atom. The molecule has 0 saturated carbocycles. The maximum Gasteiger partial charge on any atom is 0.406 e. The molecule has 1 heterocycles. The van der Waals surface area contributed by atoms with Crippen molar-refractivity contribution in [1.82, 2.24) is 9.80 Å². The lowest BCUT2D eigenvalue weighted by Crippen LogP contribution is -2.50. The molecule has 0 radical (unpaired) electrons. The predicted octanol–water partition coefficient (Wildman–Crippen LogP) is 3.11. The van der Waals surface area contributed by atoms with Gasteiger partial charge in [0.05, 0.1) is 0 Å². The number of amides is 2. The molecule has 1 atom stereocenters. The topological polar surface area (TPSA) is 23.6 Å². The molecule has 3 nitrogen and oxygen atoms in total. The summed E-state index contributed by atoms with van der Waals surface area (Å²) in [6.45, 7) is 5.37. The van der Waals surface area contributed by atoms with Gasteiger partial charge in [-0.3, -0.25) is 0 Å². The van der Waals surface area contributed by atoms with Gasteiger partial charge in [-0.15, -0.1) is 0 Å². The molecule has 1 saturated heterocycles. The molecule has 18 heavy (non-hydrogen) atoms. The van der Waals surface area contributed by atoms with Gasteiger partial charge in [0.15, 0.2) is 0 Å². The van der Waals surface area contributed by atoms with E-state index in [1.54, 1.807) is 4.90 Å². The van der Waals surface area contributed by atoms with Gasteiger partial charge in [-0.25, -0.2) is 4.79 Å². The first-order chi connectivity index (χ1) is 8.02. The van der Waals surface area contributed by atoms with Crippen LogP contribution in [-0.2, 0) is 0 Å². The normalized spacial score (nSPS) is 21.3. The largest absolute Gasteiger partial charge is 0.406 e. The van der Waals surface area contributed by atoms with Crippen LogP contribution >= 0.6 is 0 Å². The van der Waals surface area contributed by atoms with E-state index in [2.05, 4.69) is 0 Å². The highest BCUT2D eigenvalue weighted by atomic mass is 19.4. The fraction of sp³-hybridized carbons (Fsp3) is 0.917. The quantitative estimate of drug-likeness (QED) is 0.715. The Labute approximate surface area is 106 Å². The fourth-order valence-corrected chi connectivity index (χ4v) is 2.45. The summed E-state index contributed by atoms with van der Waals surface area (Å²) < 4.78 is 36.8. The highest BCUT2D eigenvalue weighted by Crippen LogP contribution is 2.33. The van der Waals surface area contributed by atoms with E-state index in [1.807, 2.05) is 20.8 Å². The van der Waals surface area contributed by atoms with Crippen molar-refractivity contribution in [3.05, 3.63) is 0 Å². The molecule has 0 aromatic carbocycles. The van der Waals surface area contributed by atoms with Crippen LogP contribution in [0.3, 0.4) is 0 Å². The summed E-state index contributed by atoms with van der Waals surface area (Å²) in [5.41, 5.74) is -0.106.